The van der Waals surface area contributed by atoms with Crippen LogP contribution < -0.4 is 11.2 Å². The molecule has 0 saturated carbocycles. The highest BCUT2D eigenvalue weighted by Crippen LogP contribution is 2.23. The average molecular weight is 258 g/mol. The Balaban J connectivity index is 2.32. The first-order chi connectivity index (χ1) is 7.99. The molecule has 0 bridgehead atoms. The van der Waals surface area contributed by atoms with Gasteiger partial charge in [-0.05, 0) is 12.2 Å². The van der Waals surface area contributed by atoms with Crippen LogP contribution in [0.15, 0.2) is 21.9 Å². The number of nitrogens with zero attached hydrogens (tertiary/aromatic N) is 1. The number of ether oxygens (including phenoxy) is 1. The Labute approximate surface area is 100 Å². The van der Waals surface area contributed by atoms with Crippen molar-refractivity contribution in [3.05, 3.63) is 33.1 Å². The number of aromatic amines is 1. The molecule has 1 aliphatic heterocycles. The Kier molecular flexibility index (Phi) is 3.09. The molecule has 92 valence electrons. The van der Waals surface area contributed by atoms with Gasteiger partial charge in [0.1, 0.15) is 6.10 Å². The summed E-state index contributed by atoms with van der Waals surface area (Å²) < 4.78 is 6.24. The number of H-pyrrole nitrogens is 1. The van der Waals surface area contributed by atoms with Crippen LogP contribution in [0.4, 0.5) is 0 Å². The predicted octanol–water partition coefficient (Wildman–Crippen LogP) is -1.50. The highest BCUT2D eigenvalue weighted by molar-refractivity contribution is 7.80. The van der Waals surface area contributed by atoms with Crippen LogP contribution in [0.3, 0.4) is 0 Å². The summed E-state index contributed by atoms with van der Waals surface area (Å²) in [7, 11) is 0. The van der Waals surface area contributed by atoms with Gasteiger partial charge < -0.3 is 14.9 Å². The van der Waals surface area contributed by atoms with Crippen LogP contribution >= 0.6 is 12.2 Å². The lowest BCUT2D eigenvalue weighted by Gasteiger charge is -2.31. The first-order valence-electron chi connectivity index (χ1n) is 4.87. The molecule has 8 heteroatoms. The van der Waals surface area contributed by atoms with Crippen molar-refractivity contribution in [2.45, 2.75) is 24.9 Å². The van der Waals surface area contributed by atoms with Gasteiger partial charge in [0, 0.05) is 18.7 Å². The van der Waals surface area contributed by atoms with Crippen LogP contribution in [-0.2, 0) is 4.74 Å². The zero-order valence-corrected chi connectivity index (χ0v) is 9.38. The van der Waals surface area contributed by atoms with Crippen molar-refractivity contribution in [2.75, 3.05) is 0 Å². The molecule has 3 atom stereocenters. The van der Waals surface area contributed by atoms with Crippen molar-refractivity contribution < 1.29 is 14.9 Å². The zero-order valence-electron chi connectivity index (χ0n) is 8.57. The van der Waals surface area contributed by atoms with Crippen molar-refractivity contribution >= 4 is 17.3 Å². The summed E-state index contributed by atoms with van der Waals surface area (Å²) in [5.41, 5.74) is -1.18. The first kappa shape index (κ1) is 12.0. The van der Waals surface area contributed by atoms with Gasteiger partial charge in [-0.3, -0.25) is 14.3 Å². The molecule has 0 aliphatic carbocycles. The molecule has 0 aromatic carbocycles. The number of aliphatic hydroxyl groups is 2. The molecule has 0 spiro atoms. The average Bonchev–Trinajstić information content (AvgIpc) is 2.25. The minimum atomic E-state index is -1.24. The summed E-state index contributed by atoms with van der Waals surface area (Å²) in [5.74, 6) is 0. The van der Waals surface area contributed by atoms with Gasteiger partial charge in [0.15, 0.2) is 11.3 Å². The van der Waals surface area contributed by atoms with Gasteiger partial charge in [0.25, 0.3) is 5.56 Å². The molecule has 1 fully saturated rings. The fourth-order valence-corrected chi connectivity index (χ4v) is 1.84. The minimum Gasteiger partial charge on any atom is -0.460 e. The summed E-state index contributed by atoms with van der Waals surface area (Å²) in [6.45, 7) is 0. The SMILES string of the molecule is O=c1ccn([C@H]2C[C@H](O)[C@@H](O)C(=S)O2)c(=O)[nH]1. The van der Waals surface area contributed by atoms with Gasteiger partial charge >= 0.3 is 5.69 Å². The van der Waals surface area contributed by atoms with Crippen LogP contribution in [0.2, 0.25) is 0 Å². The molecule has 17 heavy (non-hydrogen) atoms. The molecular weight excluding hydrogens is 248 g/mol. The third kappa shape index (κ3) is 2.28. The molecule has 1 saturated heterocycles. The predicted molar refractivity (Wildman–Crippen MR) is 60.7 cm³/mol. The standard InChI is InChI=1S/C9H10N2O5S/c12-4-3-6(16-8(17)7(4)14)11-2-1-5(13)10-9(11)15/h1-2,4,6-7,12,14H,3H2,(H,10,13,15)/t4-,6+,7+/m0/s1. The van der Waals surface area contributed by atoms with E-state index >= 15 is 0 Å². The molecule has 2 heterocycles. The second kappa shape index (κ2) is 4.40. The van der Waals surface area contributed by atoms with E-state index in [0.717, 1.165) is 10.6 Å². The third-order valence-corrected chi connectivity index (χ3v) is 2.80. The Hall–Kier alpha value is -1.51. The van der Waals surface area contributed by atoms with E-state index in [-0.39, 0.29) is 11.5 Å². The number of aliphatic hydroxyl groups excluding tert-OH is 2. The number of aromatic nitrogens is 2. The molecule has 0 amide bonds. The van der Waals surface area contributed by atoms with Crippen molar-refractivity contribution in [1.29, 1.82) is 0 Å². The Morgan fingerprint density at radius 2 is 2.18 bits per heavy atom. The highest BCUT2D eigenvalue weighted by Gasteiger charge is 2.34. The lowest BCUT2D eigenvalue weighted by molar-refractivity contribution is -0.0472. The summed E-state index contributed by atoms with van der Waals surface area (Å²) in [5, 5.41) is 18.7. The van der Waals surface area contributed by atoms with Gasteiger partial charge in [-0.25, -0.2) is 4.79 Å². The largest absolute Gasteiger partial charge is 0.460 e. The lowest BCUT2D eigenvalue weighted by atomic mass is 10.1. The van der Waals surface area contributed by atoms with E-state index in [1.54, 1.807) is 0 Å². The second-order valence-corrected chi connectivity index (χ2v) is 4.06. The molecule has 3 N–H and O–H groups in total. The van der Waals surface area contributed by atoms with Crippen LogP contribution in [0.5, 0.6) is 0 Å². The maximum absolute atomic E-state index is 11.5. The van der Waals surface area contributed by atoms with E-state index in [9.17, 15) is 19.8 Å². The Bertz CT molecular complexity index is 551. The van der Waals surface area contributed by atoms with Crippen molar-refractivity contribution in [2.24, 2.45) is 0 Å². The van der Waals surface area contributed by atoms with E-state index < -0.39 is 29.7 Å². The van der Waals surface area contributed by atoms with Crippen molar-refractivity contribution in [1.82, 2.24) is 9.55 Å². The van der Waals surface area contributed by atoms with Crippen LogP contribution in [0.1, 0.15) is 12.6 Å². The Morgan fingerprint density at radius 1 is 1.47 bits per heavy atom. The van der Waals surface area contributed by atoms with Gasteiger partial charge in [-0.15, -0.1) is 0 Å². The zero-order chi connectivity index (χ0) is 12.6. The first-order valence-corrected chi connectivity index (χ1v) is 5.28. The monoisotopic (exact) mass is 258 g/mol. The summed E-state index contributed by atoms with van der Waals surface area (Å²) in [6, 6.07) is 1.16. The topological polar surface area (TPSA) is 105 Å². The van der Waals surface area contributed by atoms with Crippen LogP contribution in [0.25, 0.3) is 0 Å². The molecule has 0 radical (unpaired) electrons. The normalized spacial score (nSPS) is 28.8. The summed E-state index contributed by atoms with van der Waals surface area (Å²) in [6.07, 6.45) is -1.91. The number of hydrogen-bond acceptors (Lipinski definition) is 6. The van der Waals surface area contributed by atoms with E-state index in [1.807, 2.05) is 0 Å². The maximum atomic E-state index is 11.5. The van der Waals surface area contributed by atoms with Gasteiger partial charge in [0.05, 0.1) is 6.10 Å². The molecule has 7 nitrogen and oxygen atoms in total. The second-order valence-electron chi connectivity index (χ2n) is 3.66. The van der Waals surface area contributed by atoms with Crippen LogP contribution in [-0.4, -0.2) is 37.0 Å². The van der Waals surface area contributed by atoms with Gasteiger partial charge in [-0.2, -0.15) is 0 Å². The van der Waals surface area contributed by atoms with Crippen molar-refractivity contribution in [3.63, 3.8) is 0 Å². The molecule has 1 aromatic heterocycles. The smallest absolute Gasteiger partial charge is 0.331 e. The third-order valence-electron chi connectivity index (χ3n) is 2.46. The van der Waals surface area contributed by atoms with Crippen LogP contribution in [0, 0.1) is 0 Å². The Morgan fingerprint density at radius 3 is 2.76 bits per heavy atom. The van der Waals surface area contributed by atoms with Crippen molar-refractivity contribution in [3.8, 4) is 0 Å². The molecule has 0 unspecified atom stereocenters. The van der Waals surface area contributed by atoms with E-state index in [4.69, 9.17) is 17.0 Å². The van der Waals surface area contributed by atoms with E-state index in [2.05, 4.69) is 4.98 Å². The van der Waals surface area contributed by atoms with E-state index in [1.165, 1.54) is 6.20 Å². The number of rotatable bonds is 1. The minimum absolute atomic E-state index is 0.00720. The number of hydrogen-bond donors (Lipinski definition) is 3. The van der Waals surface area contributed by atoms with Gasteiger partial charge in [0.2, 0.25) is 0 Å². The fraction of sp³-hybridized carbons (Fsp3) is 0.444. The number of nitrogens with one attached hydrogen (secondary N) is 1. The summed E-state index contributed by atoms with van der Waals surface area (Å²) >= 11 is 4.73. The molecule has 1 aliphatic rings. The molecular formula is C9H10N2O5S. The lowest BCUT2D eigenvalue weighted by Crippen LogP contribution is -2.45. The highest BCUT2D eigenvalue weighted by atomic mass is 32.1. The maximum Gasteiger partial charge on any atom is 0.331 e. The fourth-order valence-electron chi connectivity index (χ4n) is 1.57. The quantitative estimate of drug-likeness (QED) is 0.530. The summed E-state index contributed by atoms with van der Waals surface area (Å²) in [4.78, 5) is 24.4. The van der Waals surface area contributed by atoms with E-state index in [0.29, 0.717) is 0 Å². The van der Waals surface area contributed by atoms with Gasteiger partial charge in [-0.1, -0.05) is 0 Å². The number of thiocarbonyl (C=S) groups is 1. The molecule has 1 aromatic rings. The molecule has 2 rings (SSSR count).